The molecule has 3 rings (SSSR count). The Morgan fingerprint density at radius 1 is 1.25 bits per heavy atom. The van der Waals surface area contributed by atoms with E-state index in [1.807, 2.05) is 12.1 Å². The Kier molecular flexibility index (Phi) is 2.85. The van der Waals surface area contributed by atoms with Crippen LogP contribution in [0.4, 0.5) is 0 Å². The maximum absolute atomic E-state index is 5.36. The molecule has 1 saturated heterocycles. The minimum absolute atomic E-state index is 0.565. The average molecular weight is 328 g/mol. The molecule has 1 aliphatic heterocycles. The van der Waals surface area contributed by atoms with Crippen LogP contribution < -0.4 is 0 Å². The zero-order valence-electron chi connectivity index (χ0n) is 8.90. The van der Waals surface area contributed by atoms with Gasteiger partial charge in [-0.15, -0.1) is 0 Å². The van der Waals surface area contributed by atoms with Crippen molar-refractivity contribution in [3.63, 3.8) is 0 Å². The van der Waals surface area contributed by atoms with Crippen LogP contribution in [0.3, 0.4) is 0 Å². The molecular formula is C12H13IN2O. The van der Waals surface area contributed by atoms with E-state index in [0.717, 1.165) is 24.4 Å². The number of benzene rings is 1. The molecule has 84 valence electrons. The highest BCUT2D eigenvalue weighted by molar-refractivity contribution is 14.1. The lowest BCUT2D eigenvalue weighted by atomic mass is 9.93. The highest BCUT2D eigenvalue weighted by Gasteiger charge is 2.23. The predicted octanol–water partition coefficient (Wildman–Crippen LogP) is 3.36. The molecule has 3 nitrogen and oxygen atoms in total. The van der Waals surface area contributed by atoms with Crippen molar-refractivity contribution in [2.75, 3.05) is 13.1 Å². The Morgan fingerprint density at radius 2 is 2.00 bits per heavy atom. The third-order valence-electron chi connectivity index (χ3n) is 3.23. The van der Waals surface area contributed by atoms with Gasteiger partial charge in [0.2, 0.25) is 0 Å². The Hall–Kier alpha value is -0.620. The van der Waals surface area contributed by atoms with Crippen LogP contribution in [0.25, 0.3) is 11.0 Å². The van der Waals surface area contributed by atoms with Gasteiger partial charge in [-0.1, -0.05) is 17.3 Å². The Labute approximate surface area is 108 Å². The third kappa shape index (κ3) is 1.84. The molecule has 1 aromatic heterocycles. The largest absolute Gasteiger partial charge is 0.356 e. The Bertz CT molecular complexity index is 488. The smallest absolute Gasteiger partial charge is 0.167 e. The summed E-state index contributed by atoms with van der Waals surface area (Å²) < 4.78 is 7.71. The first-order valence-electron chi connectivity index (χ1n) is 5.59. The summed E-state index contributed by atoms with van der Waals surface area (Å²) in [4.78, 5) is 0. The minimum atomic E-state index is 0.565. The molecular weight excluding hydrogens is 315 g/mol. The molecule has 1 fully saturated rings. The van der Waals surface area contributed by atoms with Crippen LogP contribution >= 0.6 is 22.9 Å². The van der Waals surface area contributed by atoms with Gasteiger partial charge in [0.15, 0.2) is 5.58 Å². The van der Waals surface area contributed by atoms with Crippen LogP contribution in [0.5, 0.6) is 0 Å². The number of hydrogen-bond donors (Lipinski definition) is 0. The fourth-order valence-corrected chi connectivity index (χ4v) is 2.88. The van der Waals surface area contributed by atoms with Gasteiger partial charge in [-0.2, -0.15) is 0 Å². The molecule has 1 aliphatic rings. The van der Waals surface area contributed by atoms with E-state index in [0.29, 0.717) is 5.92 Å². The summed E-state index contributed by atoms with van der Waals surface area (Å²) in [5.41, 5.74) is 2.06. The maximum atomic E-state index is 5.36. The first-order chi connectivity index (χ1) is 7.84. The van der Waals surface area contributed by atoms with Crippen LogP contribution in [0.2, 0.25) is 0 Å². The van der Waals surface area contributed by atoms with Crippen molar-refractivity contribution in [2.24, 2.45) is 0 Å². The van der Waals surface area contributed by atoms with Crippen LogP contribution in [0, 0.1) is 0 Å². The van der Waals surface area contributed by atoms with Gasteiger partial charge in [-0.3, -0.25) is 0 Å². The average Bonchev–Trinajstić information content (AvgIpc) is 2.74. The fraction of sp³-hybridized carbons (Fsp3) is 0.417. The lowest BCUT2D eigenvalue weighted by Crippen LogP contribution is -2.24. The second kappa shape index (κ2) is 4.33. The zero-order valence-corrected chi connectivity index (χ0v) is 11.1. The van der Waals surface area contributed by atoms with Gasteiger partial charge in [0.1, 0.15) is 0 Å². The topological polar surface area (TPSA) is 29.3 Å². The van der Waals surface area contributed by atoms with Crippen molar-refractivity contribution in [2.45, 2.75) is 18.8 Å². The molecule has 4 heteroatoms. The van der Waals surface area contributed by atoms with Crippen molar-refractivity contribution in [3.8, 4) is 0 Å². The second-order valence-corrected chi connectivity index (χ2v) is 5.61. The summed E-state index contributed by atoms with van der Waals surface area (Å²) in [6.07, 6.45) is 2.36. The van der Waals surface area contributed by atoms with E-state index >= 15 is 0 Å². The quantitative estimate of drug-likeness (QED) is 0.594. The van der Waals surface area contributed by atoms with Gasteiger partial charge in [0.05, 0.1) is 5.69 Å². The van der Waals surface area contributed by atoms with Gasteiger partial charge in [-0.05, 0) is 25.0 Å². The molecule has 0 aliphatic carbocycles. The summed E-state index contributed by atoms with van der Waals surface area (Å²) in [7, 11) is 0. The summed E-state index contributed by atoms with van der Waals surface area (Å²) in [5.74, 6) is 0.565. The lowest BCUT2D eigenvalue weighted by Gasteiger charge is -2.26. The molecule has 0 saturated carbocycles. The van der Waals surface area contributed by atoms with E-state index in [2.05, 4.69) is 43.3 Å². The number of aromatic nitrogens is 1. The zero-order chi connectivity index (χ0) is 11.0. The normalized spacial score (nSPS) is 19.3. The van der Waals surface area contributed by atoms with Gasteiger partial charge < -0.3 is 4.52 Å². The molecule has 0 bridgehead atoms. The van der Waals surface area contributed by atoms with E-state index in [9.17, 15) is 0 Å². The Balaban J connectivity index is 1.94. The number of halogens is 1. The van der Waals surface area contributed by atoms with Crippen molar-refractivity contribution >= 4 is 33.8 Å². The first-order valence-corrected chi connectivity index (χ1v) is 6.56. The van der Waals surface area contributed by atoms with Crippen LogP contribution in [0.15, 0.2) is 28.8 Å². The first kappa shape index (κ1) is 10.5. The van der Waals surface area contributed by atoms with E-state index in [1.54, 1.807) is 0 Å². The molecule has 0 N–H and O–H groups in total. The van der Waals surface area contributed by atoms with E-state index in [4.69, 9.17) is 4.52 Å². The molecule has 0 atom stereocenters. The van der Waals surface area contributed by atoms with E-state index < -0.39 is 0 Å². The summed E-state index contributed by atoms with van der Waals surface area (Å²) in [6, 6.07) is 8.14. The molecule has 0 spiro atoms. The Morgan fingerprint density at radius 3 is 2.81 bits per heavy atom. The number of nitrogens with zero attached hydrogens (tertiary/aromatic N) is 2. The number of rotatable bonds is 1. The predicted molar refractivity (Wildman–Crippen MR) is 71.6 cm³/mol. The van der Waals surface area contributed by atoms with E-state index in [-0.39, 0.29) is 0 Å². The van der Waals surface area contributed by atoms with Gasteiger partial charge in [0, 0.05) is 47.3 Å². The van der Waals surface area contributed by atoms with Crippen LogP contribution in [-0.2, 0) is 0 Å². The highest BCUT2D eigenvalue weighted by Crippen LogP contribution is 2.32. The maximum Gasteiger partial charge on any atom is 0.167 e. The number of fused-ring (bicyclic) bond motifs is 1. The molecule has 16 heavy (non-hydrogen) atoms. The van der Waals surface area contributed by atoms with Crippen LogP contribution in [0.1, 0.15) is 24.5 Å². The van der Waals surface area contributed by atoms with Gasteiger partial charge in [0.25, 0.3) is 0 Å². The van der Waals surface area contributed by atoms with Crippen molar-refractivity contribution < 1.29 is 4.52 Å². The second-order valence-electron chi connectivity index (χ2n) is 4.25. The molecule has 0 unspecified atom stereocenters. The standard InChI is InChI=1S/C12H13IN2O/c13-15-7-5-9(6-8-15)12-10-3-1-2-4-11(10)16-14-12/h1-4,9H,5-8H2. The molecule has 0 amide bonds. The summed E-state index contributed by atoms with van der Waals surface area (Å²) in [5, 5.41) is 5.44. The van der Waals surface area contributed by atoms with Gasteiger partial charge in [-0.25, -0.2) is 3.11 Å². The van der Waals surface area contributed by atoms with E-state index in [1.165, 1.54) is 18.2 Å². The molecule has 1 aromatic carbocycles. The van der Waals surface area contributed by atoms with Crippen molar-refractivity contribution in [1.82, 2.24) is 8.27 Å². The SMILES string of the molecule is IN1CCC(c2noc3ccccc23)CC1. The summed E-state index contributed by atoms with van der Waals surface area (Å²) >= 11 is 2.39. The minimum Gasteiger partial charge on any atom is -0.356 e. The lowest BCUT2D eigenvalue weighted by molar-refractivity contribution is 0.351. The molecule has 2 aromatic rings. The van der Waals surface area contributed by atoms with Gasteiger partial charge >= 0.3 is 0 Å². The molecule has 0 radical (unpaired) electrons. The number of hydrogen-bond acceptors (Lipinski definition) is 3. The van der Waals surface area contributed by atoms with Crippen molar-refractivity contribution in [1.29, 1.82) is 0 Å². The molecule has 2 heterocycles. The highest BCUT2D eigenvalue weighted by atomic mass is 127. The monoisotopic (exact) mass is 328 g/mol. The van der Waals surface area contributed by atoms with Crippen LogP contribution in [-0.4, -0.2) is 21.4 Å². The number of piperidine rings is 1. The summed E-state index contributed by atoms with van der Waals surface area (Å²) in [6.45, 7) is 2.29. The fourth-order valence-electron chi connectivity index (χ4n) is 2.32. The third-order valence-corrected chi connectivity index (χ3v) is 4.20. The number of para-hydroxylation sites is 1. The van der Waals surface area contributed by atoms with Crippen molar-refractivity contribution in [3.05, 3.63) is 30.0 Å².